The molecule has 2 N–H and O–H groups in total. The standard InChI is InChI=1S/C12H23ClN4/c1-6-17(7-2)12(3,4)11(14)10-9(13)8-15-16(10)5/h8,11H,6-7,14H2,1-5H3. The van der Waals surface area contributed by atoms with Gasteiger partial charge in [-0.05, 0) is 26.9 Å². The zero-order valence-electron chi connectivity index (χ0n) is 11.4. The van der Waals surface area contributed by atoms with Crippen LogP contribution in [0.3, 0.4) is 0 Å². The third-order valence-corrected chi connectivity index (χ3v) is 3.86. The molecule has 1 aromatic rings. The molecule has 4 nitrogen and oxygen atoms in total. The van der Waals surface area contributed by atoms with Gasteiger partial charge in [-0.2, -0.15) is 5.10 Å². The summed E-state index contributed by atoms with van der Waals surface area (Å²) in [6.45, 7) is 10.5. The normalized spacial score (nSPS) is 14.4. The second-order valence-corrected chi connectivity index (χ2v) is 5.21. The summed E-state index contributed by atoms with van der Waals surface area (Å²) in [6.07, 6.45) is 1.65. The highest BCUT2D eigenvalue weighted by molar-refractivity contribution is 6.31. The Kier molecular flexibility index (Phi) is 4.58. The van der Waals surface area contributed by atoms with Gasteiger partial charge >= 0.3 is 0 Å². The van der Waals surface area contributed by atoms with Crippen LogP contribution in [-0.2, 0) is 7.05 Å². The van der Waals surface area contributed by atoms with Crippen molar-refractivity contribution >= 4 is 11.6 Å². The number of rotatable bonds is 5. The van der Waals surface area contributed by atoms with Crippen molar-refractivity contribution in [1.29, 1.82) is 0 Å². The summed E-state index contributed by atoms with van der Waals surface area (Å²) in [7, 11) is 1.87. The molecular weight excluding hydrogens is 236 g/mol. The van der Waals surface area contributed by atoms with Crippen molar-refractivity contribution in [3.63, 3.8) is 0 Å². The molecule has 0 fully saturated rings. The van der Waals surface area contributed by atoms with E-state index in [0.29, 0.717) is 5.02 Å². The van der Waals surface area contributed by atoms with Gasteiger partial charge in [-0.15, -0.1) is 0 Å². The second-order valence-electron chi connectivity index (χ2n) is 4.80. The van der Waals surface area contributed by atoms with E-state index in [0.717, 1.165) is 18.8 Å². The lowest BCUT2D eigenvalue weighted by molar-refractivity contribution is 0.104. The quantitative estimate of drug-likeness (QED) is 0.881. The number of nitrogens with two attached hydrogens (primary N) is 1. The van der Waals surface area contributed by atoms with Crippen LogP contribution in [0, 0.1) is 0 Å². The average molecular weight is 259 g/mol. The van der Waals surface area contributed by atoms with Crippen molar-refractivity contribution in [1.82, 2.24) is 14.7 Å². The minimum absolute atomic E-state index is 0.152. The highest BCUT2D eigenvalue weighted by atomic mass is 35.5. The maximum absolute atomic E-state index is 6.38. The fraction of sp³-hybridized carbons (Fsp3) is 0.750. The van der Waals surface area contributed by atoms with Crippen LogP contribution < -0.4 is 5.73 Å². The van der Waals surface area contributed by atoms with Gasteiger partial charge in [-0.25, -0.2) is 0 Å². The Morgan fingerprint density at radius 3 is 2.35 bits per heavy atom. The van der Waals surface area contributed by atoms with Crippen LogP contribution in [0.1, 0.15) is 39.4 Å². The maximum Gasteiger partial charge on any atom is 0.0834 e. The number of aryl methyl sites for hydroxylation is 1. The summed E-state index contributed by atoms with van der Waals surface area (Å²) in [5.41, 5.74) is 7.12. The van der Waals surface area contributed by atoms with E-state index in [1.807, 2.05) is 7.05 Å². The zero-order chi connectivity index (χ0) is 13.2. The molecule has 0 saturated carbocycles. The molecule has 5 heteroatoms. The third kappa shape index (κ3) is 2.64. The van der Waals surface area contributed by atoms with Crippen molar-refractivity contribution in [3.05, 3.63) is 16.9 Å². The number of likely N-dealkylation sites (N-methyl/N-ethyl adjacent to an activating group) is 1. The minimum atomic E-state index is -0.164. The molecule has 17 heavy (non-hydrogen) atoms. The van der Waals surface area contributed by atoms with Crippen LogP contribution in [0.15, 0.2) is 6.20 Å². The van der Waals surface area contributed by atoms with E-state index in [2.05, 4.69) is 37.7 Å². The molecule has 0 amide bonds. The molecule has 0 aromatic carbocycles. The van der Waals surface area contributed by atoms with E-state index in [9.17, 15) is 0 Å². The molecule has 98 valence electrons. The smallest absolute Gasteiger partial charge is 0.0834 e. The summed E-state index contributed by atoms with van der Waals surface area (Å²) in [5, 5.41) is 4.79. The monoisotopic (exact) mass is 258 g/mol. The largest absolute Gasteiger partial charge is 0.321 e. The van der Waals surface area contributed by atoms with Crippen molar-refractivity contribution in [2.45, 2.75) is 39.3 Å². The average Bonchev–Trinajstić information content (AvgIpc) is 2.59. The summed E-state index contributed by atoms with van der Waals surface area (Å²) in [6, 6.07) is -0.164. The Morgan fingerprint density at radius 2 is 2.00 bits per heavy atom. The van der Waals surface area contributed by atoms with E-state index in [4.69, 9.17) is 17.3 Å². The van der Waals surface area contributed by atoms with Gasteiger partial charge in [0.2, 0.25) is 0 Å². The maximum atomic E-state index is 6.38. The van der Waals surface area contributed by atoms with Crippen LogP contribution in [0.4, 0.5) is 0 Å². The lowest BCUT2D eigenvalue weighted by atomic mass is 9.90. The predicted molar refractivity (Wildman–Crippen MR) is 72.1 cm³/mol. The van der Waals surface area contributed by atoms with Gasteiger partial charge in [0.1, 0.15) is 0 Å². The Hall–Kier alpha value is -0.580. The first kappa shape index (κ1) is 14.5. The second kappa shape index (κ2) is 5.38. The van der Waals surface area contributed by atoms with Crippen molar-refractivity contribution < 1.29 is 0 Å². The predicted octanol–water partition coefficient (Wildman–Crippen LogP) is 2.19. The molecule has 0 aliphatic carbocycles. The Labute approximate surface area is 109 Å². The van der Waals surface area contributed by atoms with Crippen molar-refractivity contribution in [2.24, 2.45) is 12.8 Å². The molecule has 1 unspecified atom stereocenters. The molecule has 1 aromatic heterocycles. The number of hydrogen-bond donors (Lipinski definition) is 1. The summed E-state index contributed by atoms with van der Waals surface area (Å²) < 4.78 is 1.76. The molecule has 0 aliphatic heterocycles. The Morgan fingerprint density at radius 1 is 1.47 bits per heavy atom. The first-order valence-corrected chi connectivity index (χ1v) is 6.42. The zero-order valence-corrected chi connectivity index (χ0v) is 12.1. The lowest BCUT2D eigenvalue weighted by Crippen LogP contribution is -2.51. The van der Waals surface area contributed by atoms with Gasteiger partial charge in [-0.3, -0.25) is 9.58 Å². The topological polar surface area (TPSA) is 47.1 Å². The van der Waals surface area contributed by atoms with Crippen molar-refractivity contribution in [3.8, 4) is 0 Å². The summed E-state index contributed by atoms with van der Waals surface area (Å²) in [5.74, 6) is 0. The van der Waals surface area contributed by atoms with E-state index in [1.165, 1.54) is 0 Å². The van der Waals surface area contributed by atoms with E-state index < -0.39 is 0 Å². The Bertz CT molecular complexity index is 349. The molecule has 0 aliphatic rings. The molecule has 1 atom stereocenters. The van der Waals surface area contributed by atoms with Gasteiger partial charge in [0.25, 0.3) is 0 Å². The lowest BCUT2D eigenvalue weighted by Gasteiger charge is -2.41. The van der Waals surface area contributed by atoms with Crippen LogP contribution in [0.2, 0.25) is 5.02 Å². The summed E-state index contributed by atoms with van der Waals surface area (Å²) >= 11 is 6.16. The van der Waals surface area contributed by atoms with Gasteiger partial charge in [-0.1, -0.05) is 25.4 Å². The fourth-order valence-corrected chi connectivity index (χ4v) is 2.62. The minimum Gasteiger partial charge on any atom is -0.321 e. The number of nitrogens with zero attached hydrogens (tertiary/aromatic N) is 3. The van der Waals surface area contributed by atoms with Gasteiger partial charge < -0.3 is 5.73 Å². The first-order valence-electron chi connectivity index (χ1n) is 6.04. The Balaban J connectivity index is 3.07. The van der Waals surface area contributed by atoms with Crippen LogP contribution in [0.5, 0.6) is 0 Å². The van der Waals surface area contributed by atoms with Crippen molar-refractivity contribution in [2.75, 3.05) is 13.1 Å². The van der Waals surface area contributed by atoms with Gasteiger partial charge in [0.15, 0.2) is 0 Å². The number of halogens is 1. The molecule has 1 rings (SSSR count). The number of hydrogen-bond acceptors (Lipinski definition) is 3. The van der Waals surface area contributed by atoms with Gasteiger partial charge in [0, 0.05) is 12.6 Å². The summed E-state index contributed by atoms with van der Waals surface area (Å²) in [4.78, 5) is 2.33. The molecule has 0 bridgehead atoms. The highest BCUT2D eigenvalue weighted by Crippen LogP contribution is 2.32. The van der Waals surface area contributed by atoms with Crippen LogP contribution >= 0.6 is 11.6 Å². The van der Waals surface area contributed by atoms with E-state index in [1.54, 1.807) is 10.9 Å². The third-order valence-electron chi connectivity index (χ3n) is 3.57. The molecular formula is C12H23ClN4. The van der Waals surface area contributed by atoms with E-state index >= 15 is 0 Å². The van der Waals surface area contributed by atoms with Gasteiger partial charge in [0.05, 0.1) is 23.0 Å². The molecule has 1 heterocycles. The van der Waals surface area contributed by atoms with Crippen LogP contribution in [-0.4, -0.2) is 33.3 Å². The molecule has 0 radical (unpaired) electrons. The highest BCUT2D eigenvalue weighted by Gasteiger charge is 2.35. The fourth-order valence-electron chi connectivity index (χ4n) is 2.34. The number of aromatic nitrogens is 2. The SMILES string of the molecule is CCN(CC)C(C)(C)C(N)c1c(Cl)cnn1C. The van der Waals surface area contributed by atoms with Crippen LogP contribution in [0.25, 0.3) is 0 Å². The first-order chi connectivity index (χ1) is 7.86. The van der Waals surface area contributed by atoms with E-state index in [-0.39, 0.29) is 11.6 Å². The molecule has 0 saturated heterocycles. The molecule has 0 spiro atoms.